The fraction of sp³-hybridized carbons (Fsp3) is 0.0714. The zero-order chi connectivity index (χ0) is 12.3. The van der Waals surface area contributed by atoms with Gasteiger partial charge < -0.3 is 10.7 Å². The molecule has 86 valence electrons. The predicted molar refractivity (Wildman–Crippen MR) is 82.5 cm³/mol. The van der Waals surface area contributed by atoms with Gasteiger partial charge in [0.25, 0.3) is 0 Å². The maximum absolute atomic E-state index is 7.41. The molecule has 2 N–H and O–H groups in total. The molecule has 0 fully saturated rings. The van der Waals surface area contributed by atoms with E-state index in [2.05, 4.69) is 58.2 Å². The van der Waals surface area contributed by atoms with Crippen molar-refractivity contribution in [1.82, 2.24) is 5.32 Å². The fourth-order valence-electron chi connectivity index (χ4n) is 1.76. The molecular formula is C14H13IN2. The smallest absolute Gasteiger partial charge is 0.0270 e. The number of benzene rings is 2. The first-order chi connectivity index (χ1) is 8.24. The van der Waals surface area contributed by atoms with Crippen molar-refractivity contribution < 1.29 is 0 Å². The van der Waals surface area contributed by atoms with Crippen molar-refractivity contribution in [2.24, 2.45) is 0 Å². The second kappa shape index (κ2) is 5.31. The Morgan fingerprint density at radius 2 is 1.88 bits per heavy atom. The molecule has 0 saturated carbocycles. The van der Waals surface area contributed by atoms with Gasteiger partial charge in [-0.2, -0.15) is 0 Å². The van der Waals surface area contributed by atoms with Gasteiger partial charge in [-0.3, -0.25) is 0 Å². The number of hydrogen-bond donors (Lipinski definition) is 2. The van der Waals surface area contributed by atoms with E-state index in [1.165, 1.54) is 20.6 Å². The van der Waals surface area contributed by atoms with Crippen molar-refractivity contribution in [2.45, 2.75) is 0 Å². The van der Waals surface area contributed by atoms with Crippen LogP contribution in [0.3, 0.4) is 0 Å². The van der Waals surface area contributed by atoms with E-state index < -0.39 is 0 Å². The zero-order valence-electron chi connectivity index (χ0n) is 9.50. The third-order valence-electron chi connectivity index (χ3n) is 2.59. The van der Waals surface area contributed by atoms with Crippen molar-refractivity contribution in [3.8, 4) is 0 Å². The molecule has 0 aromatic heterocycles. The lowest BCUT2D eigenvalue weighted by Gasteiger charge is -2.05. The molecule has 2 rings (SSSR count). The topological polar surface area (TPSA) is 35.9 Å². The molecule has 0 atom stereocenters. The van der Waals surface area contributed by atoms with Gasteiger partial charge in [0.05, 0.1) is 0 Å². The first-order valence-corrected chi connectivity index (χ1v) is 6.40. The fourth-order valence-corrected chi connectivity index (χ4v) is 2.28. The van der Waals surface area contributed by atoms with E-state index in [0.29, 0.717) is 0 Å². The Morgan fingerprint density at radius 3 is 2.59 bits per heavy atom. The predicted octanol–water partition coefficient (Wildman–Crippen LogP) is 3.65. The lowest BCUT2D eigenvalue weighted by Crippen LogP contribution is -1.97. The first kappa shape index (κ1) is 12.1. The molecule has 3 heteroatoms. The third-order valence-corrected chi connectivity index (χ3v) is 3.26. The molecule has 0 saturated heterocycles. The Kier molecular flexibility index (Phi) is 3.78. The highest BCUT2D eigenvalue weighted by atomic mass is 127. The lowest BCUT2D eigenvalue weighted by atomic mass is 10.0. The van der Waals surface area contributed by atoms with Crippen LogP contribution in [0, 0.1) is 8.98 Å². The van der Waals surface area contributed by atoms with Gasteiger partial charge in [-0.25, -0.2) is 0 Å². The van der Waals surface area contributed by atoms with Crippen molar-refractivity contribution in [3.05, 3.63) is 51.7 Å². The van der Waals surface area contributed by atoms with Crippen molar-refractivity contribution >= 4 is 45.2 Å². The van der Waals surface area contributed by atoms with Gasteiger partial charge in [0.2, 0.25) is 0 Å². The van der Waals surface area contributed by atoms with E-state index in [0.717, 1.165) is 11.1 Å². The van der Waals surface area contributed by atoms with Crippen LogP contribution in [-0.4, -0.2) is 13.3 Å². The number of rotatable bonds is 3. The molecule has 2 nitrogen and oxygen atoms in total. The van der Waals surface area contributed by atoms with Crippen molar-refractivity contribution in [1.29, 1.82) is 5.41 Å². The van der Waals surface area contributed by atoms with Crippen LogP contribution in [0.2, 0.25) is 0 Å². The summed E-state index contributed by atoms with van der Waals surface area (Å²) < 4.78 is 1.24. The Labute approximate surface area is 114 Å². The van der Waals surface area contributed by atoms with E-state index in [-0.39, 0.29) is 0 Å². The van der Waals surface area contributed by atoms with E-state index in [1.54, 1.807) is 0 Å². The first-order valence-electron chi connectivity index (χ1n) is 5.32. The minimum Gasteiger partial charge on any atom is -0.393 e. The maximum Gasteiger partial charge on any atom is 0.0270 e. The molecule has 2 aromatic carbocycles. The molecule has 0 amide bonds. The Balaban J connectivity index is 2.54. The molecule has 0 radical (unpaired) electrons. The average molecular weight is 336 g/mol. The van der Waals surface area contributed by atoms with Crippen LogP contribution in [-0.2, 0) is 0 Å². The molecule has 0 unspecified atom stereocenters. The van der Waals surface area contributed by atoms with E-state index >= 15 is 0 Å². The minimum atomic E-state index is 0.882. The van der Waals surface area contributed by atoms with Crippen LogP contribution in [0.1, 0.15) is 5.56 Å². The highest BCUT2D eigenvalue weighted by Gasteiger charge is 2.00. The Hall–Kier alpha value is -1.36. The van der Waals surface area contributed by atoms with Gasteiger partial charge in [0.15, 0.2) is 0 Å². The standard InChI is InChI=1S/C14H13IN2/c1-17-9-13(8-16)11-2-3-12-7-14(15)5-4-10(12)6-11/h2-9,16-17H,1H3/b13-9+,16-8?. The van der Waals surface area contributed by atoms with E-state index in [1.807, 2.05) is 19.3 Å². The zero-order valence-corrected chi connectivity index (χ0v) is 11.7. The average Bonchev–Trinajstić information content (AvgIpc) is 2.35. The molecule has 0 aliphatic heterocycles. The molecule has 17 heavy (non-hydrogen) atoms. The van der Waals surface area contributed by atoms with Gasteiger partial charge >= 0.3 is 0 Å². The third kappa shape index (κ3) is 2.66. The van der Waals surface area contributed by atoms with Gasteiger partial charge in [-0.1, -0.05) is 18.2 Å². The van der Waals surface area contributed by atoms with Crippen LogP contribution in [0.5, 0.6) is 0 Å². The van der Waals surface area contributed by atoms with Gasteiger partial charge in [-0.05, 0) is 57.1 Å². The SMILES string of the molecule is CN/C=C(\C=N)c1ccc2cc(I)ccc2c1. The number of nitrogens with one attached hydrogen (secondary N) is 2. The highest BCUT2D eigenvalue weighted by Crippen LogP contribution is 2.22. The lowest BCUT2D eigenvalue weighted by molar-refractivity contribution is 1.11. The van der Waals surface area contributed by atoms with Gasteiger partial charge in [0.1, 0.15) is 0 Å². The highest BCUT2D eigenvalue weighted by molar-refractivity contribution is 14.1. The molecule has 0 spiro atoms. The molecule has 0 aliphatic carbocycles. The Morgan fingerprint density at radius 1 is 1.18 bits per heavy atom. The monoisotopic (exact) mass is 336 g/mol. The summed E-state index contributed by atoms with van der Waals surface area (Å²) in [5.41, 5.74) is 1.94. The summed E-state index contributed by atoms with van der Waals surface area (Å²) in [4.78, 5) is 0. The largest absolute Gasteiger partial charge is 0.393 e. The number of fused-ring (bicyclic) bond motifs is 1. The van der Waals surface area contributed by atoms with Crippen LogP contribution >= 0.6 is 22.6 Å². The number of allylic oxidation sites excluding steroid dienone is 1. The molecule has 0 bridgehead atoms. The molecule has 0 aliphatic rings. The summed E-state index contributed by atoms with van der Waals surface area (Å²) in [6.45, 7) is 0. The summed E-state index contributed by atoms with van der Waals surface area (Å²) in [6.07, 6.45) is 3.20. The molecular weight excluding hydrogens is 323 g/mol. The van der Waals surface area contributed by atoms with E-state index in [9.17, 15) is 0 Å². The van der Waals surface area contributed by atoms with Crippen LogP contribution < -0.4 is 5.32 Å². The summed E-state index contributed by atoms with van der Waals surface area (Å²) in [5.74, 6) is 0. The minimum absolute atomic E-state index is 0.882. The van der Waals surface area contributed by atoms with Gasteiger partial charge in [0, 0.05) is 28.6 Å². The molecule has 2 aromatic rings. The van der Waals surface area contributed by atoms with Crippen molar-refractivity contribution in [3.63, 3.8) is 0 Å². The van der Waals surface area contributed by atoms with Crippen LogP contribution in [0.4, 0.5) is 0 Å². The second-order valence-electron chi connectivity index (χ2n) is 3.74. The Bertz CT molecular complexity index is 588. The van der Waals surface area contributed by atoms with Crippen molar-refractivity contribution in [2.75, 3.05) is 7.05 Å². The maximum atomic E-state index is 7.41. The summed E-state index contributed by atoms with van der Waals surface area (Å²) in [5, 5.41) is 12.8. The van der Waals surface area contributed by atoms with Crippen LogP contribution in [0.15, 0.2) is 42.6 Å². The second-order valence-corrected chi connectivity index (χ2v) is 4.98. The molecule has 0 heterocycles. The normalized spacial score (nSPS) is 11.5. The summed E-state index contributed by atoms with van der Waals surface area (Å²) in [7, 11) is 1.84. The van der Waals surface area contributed by atoms with Gasteiger partial charge in [-0.15, -0.1) is 0 Å². The number of halogens is 1. The summed E-state index contributed by atoms with van der Waals surface area (Å²) >= 11 is 2.31. The number of hydrogen-bond acceptors (Lipinski definition) is 2. The van der Waals surface area contributed by atoms with Crippen LogP contribution in [0.25, 0.3) is 16.3 Å². The van der Waals surface area contributed by atoms with E-state index in [4.69, 9.17) is 5.41 Å². The quantitative estimate of drug-likeness (QED) is 0.651. The summed E-state index contributed by atoms with van der Waals surface area (Å²) in [6, 6.07) is 12.6.